The number of hydrogen-bond acceptors (Lipinski definition) is 6. The molecule has 2 aromatic carbocycles. The quantitative estimate of drug-likeness (QED) is 0.352. The molecule has 1 aromatic heterocycles. The number of aryl methyl sites for hydroxylation is 1. The van der Waals surface area contributed by atoms with Crippen LogP contribution in [0.3, 0.4) is 0 Å². The minimum absolute atomic E-state index is 0.110. The maximum absolute atomic E-state index is 13.4. The zero-order valence-electron chi connectivity index (χ0n) is 21.1. The van der Waals surface area contributed by atoms with E-state index in [1.807, 2.05) is 0 Å². The fraction of sp³-hybridized carbons (Fsp3) is 0.231. The van der Waals surface area contributed by atoms with Crippen LogP contribution in [0.5, 0.6) is 0 Å². The van der Waals surface area contributed by atoms with Gasteiger partial charge in [-0.25, -0.2) is 12.8 Å². The summed E-state index contributed by atoms with van der Waals surface area (Å²) in [6.45, 7) is 5.53. The van der Waals surface area contributed by atoms with E-state index in [2.05, 4.69) is 26.7 Å². The van der Waals surface area contributed by atoms with E-state index in [1.165, 1.54) is 4.90 Å². The molecule has 0 aliphatic rings. The van der Waals surface area contributed by atoms with E-state index in [0.717, 1.165) is 18.2 Å². The maximum Gasteiger partial charge on any atom is 0.263 e. The molecule has 1 heterocycles. The number of anilines is 1. The van der Waals surface area contributed by atoms with Crippen molar-refractivity contribution in [2.45, 2.75) is 24.7 Å². The number of pyridine rings is 1. The van der Waals surface area contributed by atoms with Gasteiger partial charge in [-0.1, -0.05) is 17.7 Å². The smallest absolute Gasteiger partial charge is 0.263 e. The van der Waals surface area contributed by atoms with Gasteiger partial charge in [-0.05, 0) is 62.0 Å². The van der Waals surface area contributed by atoms with Crippen molar-refractivity contribution in [3.05, 3.63) is 70.8 Å². The summed E-state index contributed by atoms with van der Waals surface area (Å²) in [6.07, 6.45) is 2.33. The van der Waals surface area contributed by atoms with Crippen molar-refractivity contribution in [1.82, 2.24) is 15.2 Å². The molecule has 0 aliphatic heterocycles. The summed E-state index contributed by atoms with van der Waals surface area (Å²) in [4.78, 5) is 34.1. The summed E-state index contributed by atoms with van der Waals surface area (Å²) in [5.41, 5.74) is 2.38. The molecule has 0 spiro atoms. The number of rotatable bonds is 10. The van der Waals surface area contributed by atoms with Gasteiger partial charge < -0.3 is 10.2 Å². The van der Waals surface area contributed by atoms with Crippen LogP contribution in [-0.4, -0.2) is 57.5 Å². The standard InChI is InChI=1S/C26H27ClFN5O4S/c1-16-23(32-38(36,37)24-10-8-19(28)14-21(24)27)13-18(15-31-16)17-7-9-22(29-2)20(12-17)26(35)33(4)11-5-6-25(34)30-3/h7-10,12-15,32H,2,5-6,11H2,1,3-4H3,(H,30,34). The number of amides is 2. The lowest BCUT2D eigenvalue weighted by atomic mass is 10.0. The van der Waals surface area contributed by atoms with Crippen molar-refractivity contribution < 1.29 is 22.4 Å². The molecule has 0 bridgehead atoms. The molecule has 3 aromatic rings. The van der Waals surface area contributed by atoms with E-state index in [0.29, 0.717) is 41.0 Å². The minimum Gasteiger partial charge on any atom is -0.359 e. The fourth-order valence-corrected chi connectivity index (χ4v) is 5.26. The summed E-state index contributed by atoms with van der Waals surface area (Å²) < 4.78 is 41.7. The second-order valence-electron chi connectivity index (χ2n) is 8.43. The number of benzene rings is 2. The molecule has 0 fully saturated rings. The number of hydrogen-bond donors (Lipinski definition) is 2. The molecule has 0 unspecified atom stereocenters. The zero-order chi connectivity index (χ0) is 28.0. The van der Waals surface area contributed by atoms with E-state index < -0.39 is 15.8 Å². The summed E-state index contributed by atoms with van der Waals surface area (Å²) in [5, 5.41) is 2.29. The molecule has 2 N–H and O–H groups in total. The Hall–Kier alpha value is -3.83. The largest absolute Gasteiger partial charge is 0.359 e. The van der Waals surface area contributed by atoms with Gasteiger partial charge in [0.1, 0.15) is 10.7 Å². The average molecular weight is 560 g/mol. The van der Waals surface area contributed by atoms with Crippen LogP contribution in [0.15, 0.2) is 58.5 Å². The third-order valence-corrected chi connectivity index (χ3v) is 7.62. The van der Waals surface area contributed by atoms with Crippen LogP contribution in [0.25, 0.3) is 11.1 Å². The highest BCUT2D eigenvalue weighted by Crippen LogP contribution is 2.31. The van der Waals surface area contributed by atoms with E-state index in [4.69, 9.17) is 11.6 Å². The number of aromatic nitrogens is 1. The van der Waals surface area contributed by atoms with Crippen molar-refractivity contribution in [2.75, 3.05) is 25.4 Å². The molecule has 2 amide bonds. The monoisotopic (exact) mass is 559 g/mol. The number of nitrogens with zero attached hydrogens (tertiary/aromatic N) is 3. The Morgan fingerprint density at radius 2 is 1.89 bits per heavy atom. The highest BCUT2D eigenvalue weighted by molar-refractivity contribution is 7.92. The van der Waals surface area contributed by atoms with Crippen LogP contribution in [0.2, 0.25) is 5.02 Å². The second-order valence-corrected chi connectivity index (χ2v) is 10.5. The lowest BCUT2D eigenvalue weighted by Gasteiger charge is -2.19. The highest BCUT2D eigenvalue weighted by atomic mass is 35.5. The SMILES string of the molecule is C=Nc1ccc(-c2cnc(C)c(NS(=O)(=O)c3ccc(F)cc3Cl)c2)cc1C(=O)N(C)CCCC(=O)NC. The van der Waals surface area contributed by atoms with Crippen molar-refractivity contribution in [1.29, 1.82) is 0 Å². The van der Waals surface area contributed by atoms with Gasteiger partial charge in [0.2, 0.25) is 5.91 Å². The summed E-state index contributed by atoms with van der Waals surface area (Å²) in [7, 11) is -0.958. The van der Waals surface area contributed by atoms with Crippen LogP contribution >= 0.6 is 11.6 Å². The Labute approximate surface area is 225 Å². The van der Waals surface area contributed by atoms with Gasteiger partial charge >= 0.3 is 0 Å². The normalized spacial score (nSPS) is 11.1. The first kappa shape index (κ1) is 28.7. The van der Waals surface area contributed by atoms with Gasteiger partial charge in [-0.15, -0.1) is 0 Å². The first-order chi connectivity index (χ1) is 18.0. The molecule has 0 aliphatic carbocycles. The number of carbonyl (C=O) groups excluding carboxylic acids is 2. The first-order valence-electron chi connectivity index (χ1n) is 11.5. The number of sulfonamides is 1. The average Bonchev–Trinajstić information content (AvgIpc) is 2.88. The molecule has 3 rings (SSSR count). The Morgan fingerprint density at radius 3 is 2.55 bits per heavy atom. The van der Waals surface area contributed by atoms with Crippen molar-refractivity contribution in [3.63, 3.8) is 0 Å². The van der Waals surface area contributed by atoms with Crippen molar-refractivity contribution in [3.8, 4) is 11.1 Å². The fourth-order valence-electron chi connectivity index (χ4n) is 3.62. The number of aliphatic imine (C=N–C) groups is 1. The summed E-state index contributed by atoms with van der Waals surface area (Å²) in [6, 6.07) is 9.56. The second kappa shape index (κ2) is 12.1. The predicted molar refractivity (Wildman–Crippen MR) is 146 cm³/mol. The molecule has 12 heteroatoms. The van der Waals surface area contributed by atoms with E-state index in [-0.39, 0.29) is 33.8 Å². The van der Waals surface area contributed by atoms with Crippen LogP contribution in [-0.2, 0) is 14.8 Å². The van der Waals surface area contributed by atoms with Crippen molar-refractivity contribution >= 4 is 51.5 Å². The Kier molecular flexibility index (Phi) is 9.18. The maximum atomic E-state index is 13.4. The third kappa shape index (κ3) is 6.73. The molecule has 0 radical (unpaired) electrons. The van der Waals surface area contributed by atoms with Gasteiger partial charge in [-0.2, -0.15) is 0 Å². The van der Waals surface area contributed by atoms with E-state index in [1.54, 1.807) is 51.5 Å². The lowest BCUT2D eigenvalue weighted by Crippen LogP contribution is -2.29. The molecular formula is C26H27ClFN5O4S. The Morgan fingerprint density at radius 1 is 1.16 bits per heavy atom. The van der Waals surface area contributed by atoms with Crippen LogP contribution < -0.4 is 10.0 Å². The van der Waals surface area contributed by atoms with Gasteiger partial charge in [0.05, 0.1) is 27.7 Å². The molecule has 0 saturated heterocycles. The molecule has 38 heavy (non-hydrogen) atoms. The van der Waals surface area contributed by atoms with Crippen LogP contribution in [0, 0.1) is 12.7 Å². The lowest BCUT2D eigenvalue weighted by molar-refractivity contribution is -0.120. The number of halogens is 2. The molecule has 0 saturated carbocycles. The number of nitrogens with one attached hydrogen (secondary N) is 2. The number of carbonyl (C=O) groups is 2. The zero-order valence-corrected chi connectivity index (χ0v) is 22.7. The topological polar surface area (TPSA) is 121 Å². The minimum atomic E-state index is -4.14. The summed E-state index contributed by atoms with van der Waals surface area (Å²) >= 11 is 5.96. The molecule has 0 atom stereocenters. The molecule has 9 nitrogen and oxygen atoms in total. The van der Waals surface area contributed by atoms with Crippen LogP contribution in [0.4, 0.5) is 15.8 Å². The first-order valence-corrected chi connectivity index (χ1v) is 13.3. The van der Waals surface area contributed by atoms with Gasteiger partial charge in [-0.3, -0.25) is 24.3 Å². The van der Waals surface area contributed by atoms with Gasteiger partial charge in [0.15, 0.2) is 0 Å². The Bertz CT molecular complexity index is 1500. The summed E-state index contributed by atoms with van der Waals surface area (Å²) in [5.74, 6) is -1.08. The highest BCUT2D eigenvalue weighted by Gasteiger charge is 2.21. The van der Waals surface area contributed by atoms with Gasteiger partial charge in [0, 0.05) is 38.8 Å². The molecule has 200 valence electrons. The van der Waals surface area contributed by atoms with Gasteiger partial charge in [0.25, 0.3) is 15.9 Å². The van der Waals surface area contributed by atoms with E-state index in [9.17, 15) is 22.4 Å². The predicted octanol–water partition coefficient (Wildman–Crippen LogP) is 4.58. The van der Waals surface area contributed by atoms with Crippen molar-refractivity contribution in [2.24, 2.45) is 4.99 Å². The Balaban J connectivity index is 1.91. The van der Waals surface area contributed by atoms with E-state index >= 15 is 0 Å². The third-order valence-electron chi connectivity index (χ3n) is 5.77. The molecular weight excluding hydrogens is 533 g/mol. The van der Waals surface area contributed by atoms with Crippen LogP contribution in [0.1, 0.15) is 28.9 Å².